The summed E-state index contributed by atoms with van der Waals surface area (Å²) in [6.07, 6.45) is 0. The maximum atomic E-state index is 7.50. The van der Waals surface area contributed by atoms with Gasteiger partial charge >= 0.3 is 56.5 Å². The van der Waals surface area contributed by atoms with Gasteiger partial charge in [-0.15, -0.1) is 0 Å². The van der Waals surface area contributed by atoms with E-state index in [1.807, 2.05) is 0 Å². The van der Waals surface area contributed by atoms with Gasteiger partial charge in [-0.3, -0.25) is 0 Å². The largest absolute Gasteiger partial charge is 0 e. The van der Waals surface area contributed by atoms with Crippen LogP contribution in [0.2, 0.25) is 0 Å². The van der Waals surface area contributed by atoms with Crippen LogP contribution in [-0.4, -0.2) is 30.7 Å². The van der Waals surface area contributed by atoms with E-state index in [1.54, 1.807) is 0 Å². The number of nitriles is 1. The van der Waals surface area contributed by atoms with Crippen LogP contribution in [-0.2, 0) is 44.3 Å². The second-order valence-electron chi connectivity index (χ2n) is 2.61. The first-order chi connectivity index (χ1) is 10.2. The summed E-state index contributed by atoms with van der Waals surface area (Å²) in [5.74, 6) is 0. The summed E-state index contributed by atoms with van der Waals surface area (Å²) in [5.41, 5.74) is 0. The third kappa shape index (κ3) is 51.0. The van der Waals surface area contributed by atoms with Crippen LogP contribution in [0.1, 0.15) is 27.7 Å². The van der Waals surface area contributed by atoms with Crippen molar-refractivity contribution in [3.8, 4) is 6.57 Å². The van der Waals surface area contributed by atoms with Crippen molar-refractivity contribution in [3.05, 3.63) is 33.3 Å². The van der Waals surface area contributed by atoms with Crippen molar-refractivity contribution in [2.45, 2.75) is 27.7 Å². The fourth-order valence-electron chi connectivity index (χ4n) is 1.34. The van der Waals surface area contributed by atoms with Crippen molar-refractivity contribution in [2.24, 2.45) is 0 Å². The summed E-state index contributed by atoms with van der Waals surface area (Å²) >= 11 is 0. The Labute approximate surface area is 148 Å². The molecule has 0 aromatic heterocycles. The van der Waals surface area contributed by atoms with E-state index >= 15 is 0 Å². The average molecular weight is 481 g/mol. The Bertz CT molecular complexity index is 202. The van der Waals surface area contributed by atoms with Crippen LogP contribution in [0.3, 0.4) is 0 Å². The minimum Gasteiger partial charge on any atom is 0 e. The molecular weight excluding hydrogens is 460 g/mol. The van der Waals surface area contributed by atoms with Gasteiger partial charge in [-0.1, -0.05) is 0 Å². The maximum absolute atomic E-state index is 7.50. The Hall–Kier alpha value is -1.16. The van der Waals surface area contributed by atoms with Crippen molar-refractivity contribution < 1.29 is 48.8 Å². The molecule has 0 saturated carbocycles. The fraction of sp³-hybridized carbons (Fsp3) is 0.571. The zero-order valence-electron chi connectivity index (χ0n) is 13.2. The molecule has 0 spiro atoms. The molecule has 0 aliphatic carbocycles. The topological polar surface area (TPSA) is 123 Å². The molecule has 0 atom stereocenters. The van der Waals surface area contributed by atoms with E-state index in [0.29, 0.717) is 0 Å². The van der Waals surface area contributed by atoms with Crippen LogP contribution in [0.5, 0.6) is 0 Å². The molecule has 122 valence electrons. The second-order valence-corrected chi connectivity index (χ2v) is 2.61. The van der Waals surface area contributed by atoms with Gasteiger partial charge in [0.25, 0.3) is 0 Å². The molecule has 0 saturated heterocycles. The zero-order valence-corrected chi connectivity index (χ0v) is 16.2. The van der Waals surface area contributed by atoms with Crippen molar-refractivity contribution in [1.29, 1.82) is 5.26 Å². The molecule has 0 radical (unpaired) electrons. The first kappa shape index (κ1) is 49.8. The van der Waals surface area contributed by atoms with E-state index in [1.165, 1.54) is 30.7 Å². The minimum absolute atomic E-state index is 0. The number of quaternary nitrogens is 1. The Balaban J connectivity index is -0.0000000214. The van der Waals surface area contributed by atoms with Crippen LogP contribution in [0, 0.1) is 45.1 Å². The van der Waals surface area contributed by atoms with Crippen LogP contribution in [0.4, 0.5) is 0 Å². The van der Waals surface area contributed by atoms with E-state index in [4.69, 9.17) is 28.5 Å². The van der Waals surface area contributed by atoms with E-state index in [-0.39, 0.29) is 21.1 Å². The smallest absolute Gasteiger partial charge is 0 e. The number of nitrogens with zero attached hydrogens (tertiary/aromatic N) is 2. The fourth-order valence-corrected chi connectivity index (χ4v) is 1.34. The molecule has 0 aliphatic heterocycles. The third-order valence-corrected chi connectivity index (χ3v) is 2.68. The Morgan fingerprint density at radius 2 is 0.682 bits per heavy atom. The normalized spacial score (nSPS) is 5.45. The predicted octanol–water partition coefficient (Wildman–Crippen LogP) is 1.83. The second kappa shape index (κ2) is 90.1. The SMILES string of the molecule is C#N.CC[N+](CC)(CC)CC.[C-]#[O+].[C-]#[O+].[C-]#[O+].[C-]#[O+].[C-]#[O+].[W]. The molecule has 0 rings (SSSR count). The predicted molar refractivity (Wildman–Crippen MR) is 68.7 cm³/mol. The van der Waals surface area contributed by atoms with Crippen LogP contribution >= 0.6 is 0 Å². The summed E-state index contributed by atoms with van der Waals surface area (Å²) in [7, 11) is 0. The number of hydrogen-bond acceptors (Lipinski definition) is 1. The summed E-state index contributed by atoms with van der Waals surface area (Å²) in [6, 6.07) is 0. The van der Waals surface area contributed by atoms with Crippen molar-refractivity contribution in [2.75, 3.05) is 26.2 Å². The van der Waals surface area contributed by atoms with E-state index in [9.17, 15) is 0 Å². The Morgan fingerprint density at radius 1 is 0.591 bits per heavy atom. The van der Waals surface area contributed by atoms with E-state index in [0.717, 1.165) is 0 Å². The summed E-state index contributed by atoms with van der Waals surface area (Å²) in [4.78, 5) is 0. The molecule has 0 heterocycles. The Kier molecular flexibility index (Phi) is 204. The van der Waals surface area contributed by atoms with Crippen LogP contribution in [0.25, 0.3) is 0 Å². The van der Waals surface area contributed by atoms with E-state index in [2.05, 4.69) is 67.5 Å². The quantitative estimate of drug-likeness (QED) is 0.340. The standard InChI is InChI=1S/C8H20N.CHN.5CO.W/c1-5-9(6-2,7-3)8-4;6*1-2;/h5-8H2,1-4H3;1H;;;;;;/q+1;;;;;;;. The van der Waals surface area contributed by atoms with Crippen molar-refractivity contribution in [1.82, 2.24) is 0 Å². The first-order valence-corrected chi connectivity index (χ1v) is 5.37. The zero-order chi connectivity index (χ0) is 19.3. The molecule has 0 bridgehead atoms. The molecule has 0 aromatic carbocycles. The maximum Gasteiger partial charge on any atom is 0 e. The molecule has 8 heteroatoms. The van der Waals surface area contributed by atoms with Gasteiger partial charge < -0.3 is 4.48 Å². The van der Waals surface area contributed by atoms with Gasteiger partial charge in [-0.2, -0.15) is 0 Å². The minimum atomic E-state index is 0. The summed E-state index contributed by atoms with van der Waals surface area (Å²) < 4.78 is 38.8. The Morgan fingerprint density at radius 3 is 0.682 bits per heavy atom. The van der Waals surface area contributed by atoms with Gasteiger partial charge in [0.05, 0.1) is 26.2 Å². The van der Waals surface area contributed by atoms with Gasteiger partial charge in [0.1, 0.15) is 0 Å². The molecule has 0 N–H and O–H groups in total. The van der Waals surface area contributed by atoms with Gasteiger partial charge in [-0.25, -0.2) is 5.26 Å². The number of hydrogen-bond donors (Lipinski definition) is 0. The molecular formula is C14H21N2O5W+. The average Bonchev–Trinajstić information content (AvgIpc) is 2.67. The van der Waals surface area contributed by atoms with Crippen LogP contribution in [0.15, 0.2) is 0 Å². The van der Waals surface area contributed by atoms with Gasteiger partial charge in [-0.05, 0) is 27.7 Å². The van der Waals surface area contributed by atoms with Gasteiger partial charge in [0.2, 0.25) is 0 Å². The van der Waals surface area contributed by atoms with Crippen molar-refractivity contribution >= 4 is 0 Å². The molecule has 0 aromatic rings. The summed E-state index contributed by atoms with van der Waals surface area (Å²) in [6.45, 7) is 40.2. The van der Waals surface area contributed by atoms with E-state index < -0.39 is 0 Å². The third-order valence-electron chi connectivity index (χ3n) is 2.68. The van der Waals surface area contributed by atoms with Gasteiger partial charge in [0.15, 0.2) is 0 Å². The monoisotopic (exact) mass is 481 g/mol. The summed E-state index contributed by atoms with van der Waals surface area (Å²) in [5, 5.41) is 6.50. The first-order valence-electron chi connectivity index (χ1n) is 5.37. The molecule has 7 nitrogen and oxygen atoms in total. The van der Waals surface area contributed by atoms with Crippen LogP contribution < -0.4 is 0 Å². The molecule has 22 heavy (non-hydrogen) atoms. The molecule has 0 aliphatic rings. The molecule has 0 unspecified atom stereocenters. The van der Waals surface area contributed by atoms with Crippen molar-refractivity contribution in [3.63, 3.8) is 0 Å². The molecule has 0 amide bonds. The number of rotatable bonds is 4. The molecule has 0 fully saturated rings. The van der Waals surface area contributed by atoms with Gasteiger partial charge in [0, 0.05) is 27.6 Å².